The van der Waals surface area contributed by atoms with Crippen molar-refractivity contribution in [3.05, 3.63) is 101 Å². The lowest BCUT2D eigenvalue weighted by atomic mass is 9.97. The highest BCUT2D eigenvalue weighted by molar-refractivity contribution is 7.17. The lowest BCUT2D eigenvalue weighted by molar-refractivity contribution is 0.0941. The normalized spacial score (nSPS) is 11.6. The number of hydrogen-bond acceptors (Lipinski definition) is 6. The van der Waals surface area contributed by atoms with Gasteiger partial charge in [0.15, 0.2) is 0 Å². The maximum Gasteiger partial charge on any atom is 0.261 e. The van der Waals surface area contributed by atoms with Gasteiger partial charge in [-0.25, -0.2) is 0 Å². The number of amides is 1. The van der Waals surface area contributed by atoms with Gasteiger partial charge in [0, 0.05) is 41.8 Å². The summed E-state index contributed by atoms with van der Waals surface area (Å²) in [6.45, 7) is 0. The van der Waals surface area contributed by atoms with Crippen LogP contribution in [0.4, 0.5) is 0 Å². The number of hydrogen-bond donors (Lipinski definition) is 3. The van der Waals surface area contributed by atoms with Crippen molar-refractivity contribution in [2.45, 2.75) is 12.5 Å². The first-order valence-corrected chi connectivity index (χ1v) is 10.5. The van der Waals surface area contributed by atoms with Crippen LogP contribution < -0.4 is 5.32 Å². The Bertz CT molecular complexity index is 1190. The number of aromatic nitrogens is 2. The molecule has 0 aliphatic carbocycles. The van der Waals surface area contributed by atoms with E-state index in [1.54, 1.807) is 61.1 Å². The summed E-state index contributed by atoms with van der Waals surface area (Å²) in [5, 5.41) is 21.8. The molecule has 0 saturated heterocycles. The van der Waals surface area contributed by atoms with Crippen molar-refractivity contribution < 1.29 is 9.90 Å². The largest absolute Gasteiger partial charge is 0.508 e. The van der Waals surface area contributed by atoms with Crippen LogP contribution in [0.1, 0.15) is 33.3 Å². The molecule has 0 fully saturated rings. The molecule has 0 saturated carbocycles. The van der Waals surface area contributed by atoms with E-state index in [0.717, 1.165) is 10.6 Å². The highest BCUT2D eigenvalue weighted by atomic mass is 32.1. The predicted molar refractivity (Wildman–Crippen MR) is 122 cm³/mol. The molecule has 3 N–H and O–H groups in total. The molecule has 0 spiro atoms. The molecule has 1 unspecified atom stereocenters. The van der Waals surface area contributed by atoms with Gasteiger partial charge >= 0.3 is 0 Å². The van der Waals surface area contributed by atoms with E-state index in [2.05, 4.69) is 15.3 Å². The summed E-state index contributed by atoms with van der Waals surface area (Å²) in [7, 11) is 0. The monoisotopic (exact) mass is 428 g/mol. The topological polar surface area (TPSA) is 99.0 Å². The van der Waals surface area contributed by atoms with E-state index in [0.29, 0.717) is 21.7 Å². The fourth-order valence-corrected chi connectivity index (χ4v) is 4.11. The summed E-state index contributed by atoms with van der Waals surface area (Å²) in [4.78, 5) is 22.8. The van der Waals surface area contributed by atoms with Crippen LogP contribution in [0, 0.1) is 5.41 Å². The molecule has 3 heterocycles. The first-order valence-electron chi connectivity index (χ1n) is 9.69. The van der Waals surface area contributed by atoms with E-state index in [1.807, 2.05) is 24.3 Å². The molecule has 0 aliphatic heterocycles. The predicted octanol–water partition coefficient (Wildman–Crippen LogP) is 4.84. The standard InChI is InChI=1S/C24H20N4O2S/c25-18(16-6-5-12-26-15-16)14-20(17-7-1-2-9-21(17)29)28-24(30)23-11-10-22(31-23)19-8-3-4-13-27-19/h1-13,15,20,25,29H,14H2,(H,28,30). The van der Waals surface area contributed by atoms with Gasteiger partial charge in [0.1, 0.15) is 5.75 Å². The van der Waals surface area contributed by atoms with Crippen LogP contribution in [0.25, 0.3) is 10.6 Å². The first-order chi connectivity index (χ1) is 15.1. The van der Waals surface area contributed by atoms with Gasteiger partial charge in [-0.1, -0.05) is 30.3 Å². The van der Waals surface area contributed by atoms with Crippen molar-refractivity contribution in [1.29, 1.82) is 5.41 Å². The van der Waals surface area contributed by atoms with Gasteiger partial charge in [-0.15, -0.1) is 11.3 Å². The van der Waals surface area contributed by atoms with Crippen LogP contribution in [-0.4, -0.2) is 26.7 Å². The van der Waals surface area contributed by atoms with Gasteiger partial charge in [0.25, 0.3) is 5.91 Å². The van der Waals surface area contributed by atoms with Crippen LogP contribution in [0.5, 0.6) is 5.75 Å². The Hall–Kier alpha value is -3.84. The highest BCUT2D eigenvalue weighted by Crippen LogP contribution is 2.30. The Morgan fingerprint density at radius 2 is 1.87 bits per heavy atom. The number of carbonyl (C=O) groups is 1. The lowest BCUT2D eigenvalue weighted by Gasteiger charge is -2.20. The van der Waals surface area contributed by atoms with Crippen molar-refractivity contribution in [3.63, 3.8) is 0 Å². The molecule has 1 atom stereocenters. The number of phenols is 1. The number of phenolic OH excluding ortho intramolecular Hbond substituents is 1. The van der Waals surface area contributed by atoms with Gasteiger partial charge < -0.3 is 15.8 Å². The Kier molecular flexibility index (Phi) is 6.14. The highest BCUT2D eigenvalue weighted by Gasteiger charge is 2.22. The average molecular weight is 429 g/mol. The lowest BCUT2D eigenvalue weighted by Crippen LogP contribution is -2.29. The third-order valence-corrected chi connectivity index (χ3v) is 5.89. The van der Waals surface area contributed by atoms with Crippen LogP contribution >= 0.6 is 11.3 Å². The van der Waals surface area contributed by atoms with E-state index in [4.69, 9.17) is 5.41 Å². The van der Waals surface area contributed by atoms with Gasteiger partial charge in [-0.2, -0.15) is 0 Å². The summed E-state index contributed by atoms with van der Waals surface area (Å²) < 4.78 is 0. The zero-order chi connectivity index (χ0) is 21.6. The molecule has 154 valence electrons. The molecule has 4 rings (SSSR count). The molecule has 3 aromatic heterocycles. The van der Waals surface area contributed by atoms with Crippen molar-refractivity contribution in [1.82, 2.24) is 15.3 Å². The van der Waals surface area contributed by atoms with Crippen molar-refractivity contribution in [2.75, 3.05) is 0 Å². The zero-order valence-electron chi connectivity index (χ0n) is 16.5. The van der Waals surface area contributed by atoms with E-state index in [-0.39, 0.29) is 18.1 Å². The molecule has 0 aliphatic rings. The fraction of sp³-hybridized carbons (Fsp3) is 0.0833. The summed E-state index contributed by atoms with van der Waals surface area (Å²) in [6.07, 6.45) is 5.19. The van der Waals surface area contributed by atoms with E-state index < -0.39 is 6.04 Å². The molecule has 1 amide bonds. The van der Waals surface area contributed by atoms with E-state index >= 15 is 0 Å². The molecule has 4 aromatic rings. The molecule has 0 bridgehead atoms. The molecular formula is C24H20N4O2S. The van der Waals surface area contributed by atoms with Gasteiger partial charge in [-0.3, -0.25) is 14.8 Å². The number of carbonyl (C=O) groups excluding carboxylic acids is 1. The van der Waals surface area contributed by atoms with Crippen LogP contribution in [0.3, 0.4) is 0 Å². The number of aromatic hydroxyl groups is 1. The van der Waals surface area contributed by atoms with Crippen LogP contribution in [0.15, 0.2) is 85.3 Å². The second kappa shape index (κ2) is 9.32. The van der Waals surface area contributed by atoms with Gasteiger partial charge in [-0.05, 0) is 36.4 Å². The maximum atomic E-state index is 13.0. The minimum Gasteiger partial charge on any atom is -0.508 e. The first kappa shape index (κ1) is 20.4. The second-order valence-electron chi connectivity index (χ2n) is 6.89. The van der Waals surface area contributed by atoms with E-state index in [9.17, 15) is 9.90 Å². The smallest absolute Gasteiger partial charge is 0.261 e. The average Bonchev–Trinajstić information content (AvgIpc) is 3.31. The summed E-state index contributed by atoms with van der Waals surface area (Å²) in [5.74, 6) is -0.188. The zero-order valence-corrected chi connectivity index (χ0v) is 17.3. The minimum absolute atomic E-state index is 0.0761. The molecule has 1 aromatic carbocycles. The van der Waals surface area contributed by atoms with Crippen LogP contribution in [-0.2, 0) is 0 Å². The second-order valence-corrected chi connectivity index (χ2v) is 7.97. The molecule has 6 nitrogen and oxygen atoms in total. The van der Waals surface area contributed by atoms with E-state index in [1.165, 1.54) is 11.3 Å². The maximum absolute atomic E-state index is 13.0. The summed E-state index contributed by atoms with van der Waals surface area (Å²) >= 11 is 1.35. The number of benzene rings is 1. The summed E-state index contributed by atoms with van der Waals surface area (Å²) in [5.41, 5.74) is 2.36. The number of pyridine rings is 2. The Morgan fingerprint density at radius 1 is 1.03 bits per heavy atom. The third kappa shape index (κ3) is 4.84. The minimum atomic E-state index is -0.568. The molecule has 7 heteroatoms. The number of nitrogens with zero attached hydrogens (tertiary/aromatic N) is 2. The molecule has 0 radical (unpaired) electrons. The number of nitrogens with one attached hydrogen (secondary N) is 2. The quantitative estimate of drug-likeness (QED) is 0.367. The number of rotatable bonds is 7. The number of thiophene rings is 1. The van der Waals surface area contributed by atoms with Crippen molar-refractivity contribution in [3.8, 4) is 16.3 Å². The Labute approximate surface area is 183 Å². The molecular weight excluding hydrogens is 408 g/mol. The van der Waals surface area contributed by atoms with Crippen molar-refractivity contribution in [2.24, 2.45) is 0 Å². The van der Waals surface area contributed by atoms with Gasteiger partial charge in [0.2, 0.25) is 0 Å². The Balaban J connectivity index is 1.57. The van der Waals surface area contributed by atoms with Gasteiger partial charge in [0.05, 0.1) is 21.5 Å². The van der Waals surface area contributed by atoms with Crippen LogP contribution in [0.2, 0.25) is 0 Å². The Morgan fingerprint density at radius 3 is 2.61 bits per heavy atom. The summed E-state index contributed by atoms with van der Waals surface area (Å²) in [6, 6.07) is 19.1. The SMILES string of the molecule is N=C(CC(NC(=O)c1ccc(-c2ccccn2)s1)c1ccccc1O)c1cccnc1. The fourth-order valence-electron chi connectivity index (χ4n) is 3.22. The van der Waals surface area contributed by atoms with Crippen molar-refractivity contribution >= 4 is 23.0 Å². The third-order valence-electron chi connectivity index (χ3n) is 4.78. The number of para-hydroxylation sites is 1. The molecule has 31 heavy (non-hydrogen) atoms.